The first-order valence-corrected chi connectivity index (χ1v) is 4.43. The summed E-state index contributed by atoms with van der Waals surface area (Å²) < 4.78 is 0. The number of nitrogens with zero attached hydrogens (tertiary/aromatic N) is 2. The normalized spacial score (nSPS) is 18.4. The highest BCUT2D eigenvalue weighted by atomic mass is 16.2. The molecule has 0 saturated carbocycles. The number of aryl methyl sites for hydroxylation is 2. The molecule has 14 heavy (non-hydrogen) atoms. The van der Waals surface area contributed by atoms with Gasteiger partial charge in [0.1, 0.15) is 5.82 Å². The van der Waals surface area contributed by atoms with Crippen LogP contribution in [-0.2, 0) is 6.42 Å². The van der Waals surface area contributed by atoms with E-state index in [1.54, 1.807) is 6.92 Å². The van der Waals surface area contributed by atoms with Gasteiger partial charge in [0, 0.05) is 11.8 Å². The summed E-state index contributed by atoms with van der Waals surface area (Å²) in [6, 6.07) is 0. The number of aromatic nitrogens is 2. The van der Waals surface area contributed by atoms with Crippen molar-refractivity contribution in [2.24, 2.45) is 0 Å². The number of carbonyl (C=O) groups excluding carboxylic acids is 1. The second-order valence-corrected chi connectivity index (χ2v) is 3.26. The van der Waals surface area contributed by atoms with Gasteiger partial charge in [0.05, 0.1) is 17.5 Å². The number of carbonyl (C=O) groups is 1. The molecular weight excluding hydrogens is 180 g/mol. The number of allylic oxidation sites excluding steroid dienone is 1. The van der Waals surface area contributed by atoms with Crippen molar-refractivity contribution in [3.63, 3.8) is 0 Å². The van der Waals surface area contributed by atoms with Gasteiger partial charge in [0.25, 0.3) is 0 Å². The van der Waals surface area contributed by atoms with E-state index in [2.05, 4.69) is 9.97 Å². The summed E-state index contributed by atoms with van der Waals surface area (Å²) in [6.07, 6.45) is 3.66. The Kier molecular flexibility index (Phi) is 2.04. The zero-order chi connectivity index (χ0) is 10.1. The van der Waals surface area contributed by atoms with Crippen LogP contribution in [-0.4, -0.2) is 20.9 Å². The third-order valence-corrected chi connectivity index (χ3v) is 2.31. The molecule has 1 aliphatic rings. The standard InChI is InChI=1S/C10H10N2O2/c1-6-11-4-8-9(12-6)3-2-7(5-13)10(8)14/h4-5,13H,2-3H2,1H3/b7-5+. The molecule has 0 spiro atoms. The van der Waals surface area contributed by atoms with Crippen LogP contribution in [0.5, 0.6) is 0 Å². The van der Waals surface area contributed by atoms with Crippen LogP contribution < -0.4 is 0 Å². The van der Waals surface area contributed by atoms with E-state index in [1.165, 1.54) is 6.20 Å². The predicted octanol–water partition coefficient (Wildman–Crippen LogP) is 1.36. The van der Waals surface area contributed by atoms with Crippen LogP contribution in [0, 0.1) is 6.92 Å². The van der Waals surface area contributed by atoms with E-state index < -0.39 is 0 Å². The maximum absolute atomic E-state index is 11.7. The van der Waals surface area contributed by atoms with Gasteiger partial charge >= 0.3 is 0 Å². The second-order valence-electron chi connectivity index (χ2n) is 3.26. The van der Waals surface area contributed by atoms with Crippen LogP contribution in [0.3, 0.4) is 0 Å². The largest absolute Gasteiger partial charge is 0.515 e. The van der Waals surface area contributed by atoms with Gasteiger partial charge in [-0.1, -0.05) is 0 Å². The molecule has 0 aliphatic heterocycles. The van der Waals surface area contributed by atoms with E-state index >= 15 is 0 Å². The lowest BCUT2D eigenvalue weighted by atomic mass is 9.92. The topological polar surface area (TPSA) is 63.1 Å². The Labute approximate surface area is 81.3 Å². The Morgan fingerprint density at radius 3 is 3.00 bits per heavy atom. The number of aliphatic hydroxyl groups is 1. The molecule has 1 heterocycles. The Morgan fingerprint density at radius 2 is 2.29 bits per heavy atom. The smallest absolute Gasteiger partial charge is 0.195 e. The van der Waals surface area contributed by atoms with E-state index in [4.69, 9.17) is 5.11 Å². The average molecular weight is 190 g/mol. The van der Waals surface area contributed by atoms with Crippen molar-refractivity contribution in [1.29, 1.82) is 0 Å². The van der Waals surface area contributed by atoms with Crippen LogP contribution >= 0.6 is 0 Å². The highest BCUT2D eigenvalue weighted by Crippen LogP contribution is 2.22. The molecule has 0 unspecified atom stereocenters. The lowest BCUT2D eigenvalue weighted by molar-refractivity contribution is 0.102. The number of rotatable bonds is 0. The third kappa shape index (κ3) is 1.28. The van der Waals surface area contributed by atoms with Gasteiger partial charge in [-0.15, -0.1) is 0 Å². The van der Waals surface area contributed by atoms with Crippen molar-refractivity contribution in [1.82, 2.24) is 9.97 Å². The van der Waals surface area contributed by atoms with Gasteiger partial charge < -0.3 is 5.11 Å². The summed E-state index contributed by atoms with van der Waals surface area (Å²) in [6.45, 7) is 1.79. The van der Waals surface area contributed by atoms with Crippen molar-refractivity contribution in [2.45, 2.75) is 19.8 Å². The number of ketones is 1. The number of fused-ring (bicyclic) bond motifs is 1. The lowest BCUT2D eigenvalue weighted by Crippen LogP contribution is -2.16. The van der Waals surface area contributed by atoms with E-state index in [9.17, 15) is 4.79 Å². The number of Topliss-reactive ketones (excluding diaryl/α,β-unsaturated/α-hetero) is 1. The zero-order valence-electron chi connectivity index (χ0n) is 7.82. The van der Waals surface area contributed by atoms with Gasteiger partial charge in [0.2, 0.25) is 0 Å². The molecule has 4 heteroatoms. The van der Waals surface area contributed by atoms with Crippen LogP contribution in [0.25, 0.3) is 0 Å². The molecule has 0 aromatic carbocycles. The van der Waals surface area contributed by atoms with E-state index in [1.807, 2.05) is 0 Å². The summed E-state index contributed by atoms with van der Waals surface area (Å²) in [4.78, 5) is 19.8. The summed E-state index contributed by atoms with van der Waals surface area (Å²) in [5, 5.41) is 8.82. The minimum Gasteiger partial charge on any atom is -0.515 e. The molecule has 1 aromatic rings. The van der Waals surface area contributed by atoms with Crippen LogP contribution in [0.4, 0.5) is 0 Å². The van der Waals surface area contributed by atoms with E-state index in [0.29, 0.717) is 29.8 Å². The number of aliphatic hydroxyl groups excluding tert-OH is 1. The first-order chi connectivity index (χ1) is 6.72. The molecule has 0 saturated heterocycles. The SMILES string of the molecule is Cc1ncc2c(n1)CC/C(=C\O)C2=O. The summed E-state index contributed by atoms with van der Waals surface area (Å²) in [5.41, 5.74) is 1.74. The Morgan fingerprint density at radius 1 is 1.50 bits per heavy atom. The fourth-order valence-corrected chi connectivity index (χ4v) is 1.56. The number of hydrogen-bond acceptors (Lipinski definition) is 4. The summed E-state index contributed by atoms with van der Waals surface area (Å²) >= 11 is 0. The van der Waals surface area contributed by atoms with Gasteiger partial charge in [-0.05, 0) is 19.8 Å². The van der Waals surface area contributed by atoms with Crippen molar-refractivity contribution in [2.75, 3.05) is 0 Å². The molecule has 1 aliphatic carbocycles. The highest BCUT2D eigenvalue weighted by Gasteiger charge is 2.23. The molecule has 0 fully saturated rings. The molecule has 1 N–H and O–H groups in total. The molecule has 0 bridgehead atoms. The van der Waals surface area contributed by atoms with Gasteiger partial charge in [0.15, 0.2) is 5.78 Å². The molecule has 0 amide bonds. The zero-order valence-corrected chi connectivity index (χ0v) is 7.82. The Balaban J connectivity index is 2.52. The molecule has 0 radical (unpaired) electrons. The van der Waals surface area contributed by atoms with Gasteiger partial charge in [-0.25, -0.2) is 9.97 Å². The highest BCUT2D eigenvalue weighted by molar-refractivity contribution is 6.10. The van der Waals surface area contributed by atoms with Crippen molar-refractivity contribution < 1.29 is 9.90 Å². The monoisotopic (exact) mass is 190 g/mol. The third-order valence-electron chi connectivity index (χ3n) is 2.31. The maximum atomic E-state index is 11.7. The fourth-order valence-electron chi connectivity index (χ4n) is 1.56. The molecular formula is C10H10N2O2. The predicted molar refractivity (Wildman–Crippen MR) is 50.1 cm³/mol. The molecule has 1 aromatic heterocycles. The first kappa shape index (κ1) is 8.87. The quantitative estimate of drug-likeness (QED) is 0.495. The van der Waals surface area contributed by atoms with Crippen LogP contribution in [0.15, 0.2) is 18.0 Å². The molecule has 4 nitrogen and oxygen atoms in total. The van der Waals surface area contributed by atoms with Crippen molar-refractivity contribution in [3.8, 4) is 0 Å². The first-order valence-electron chi connectivity index (χ1n) is 4.43. The second kappa shape index (κ2) is 3.21. The summed E-state index contributed by atoms with van der Waals surface area (Å²) in [7, 11) is 0. The van der Waals surface area contributed by atoms with Gasteiger partial charge in [-0.2, -0.15) is 0 Å². The van der Waals surface area contributed by atoms with E-state index in [-0.39, 0.29) is 5.78 Å². The Hall–Kier alpha value is -1.71. The minimum absolute atomic E-state index is 0.159. The van der Waals surface area contributed by atoms with E-state index in [0.717, 1.165) is 12.0 Å². The number of hydrogen-bond donors (Lipinski definition) is 1. The molecule has 0 atom stereocenters. The average Bonchev–Trinajstić information content (AvgIpc) is 2.18. The minimum atomic E-state index is -0.159. The van der Waals surface area contributed by atoms with Crippen LogP contribution in [0.2, 0.25) is 0 Å². The maximum Gasteiger partial charge on any atom is 0.195 e. The lowest BCUT2D eigenvalue weighted by Gasteiger charge is -2.14. The Bertz CT molecular complexity index is 424. The van der Waals surface area contributed by atoms with Crippen molar-refractivity contribution >= 4 is 5.78 Å². The van der Waals surface area contributed by atoms with Crippen molar-refractivity contribution in [3.05, 3.63) is 35.1 Å². The molecule has 2 rings (SSSR count). The molecule has 72 valence electrons. The fraction of sp³-hybridized carbons (Fsp3) is 0.300. The summed E-state index contributed by atoms with van der Waals surface area (Å²) in [5.74, 6) is 0.515. The van der Waals surface area contributed by atoms with Gasteiger partial charge in [-0.3, -0.25) is 4.79 Å². The van der Waals surface area contributed by atoms with Crippen LogP contribution in [0.1, 0.15) is 28.3 Å².